The van der Waals surface area contributed by atoms with Gasteiger partial charge in [0.15, 0.2) is 18.9 Å². The van der Waals surface area contributed by atoms with E-state index in [4.69, 9.17) is 28.2 Å². The maximum atomic E-state index is 12.2. The van der Waals surface area contributed by atoms with Crippen molar-refractivity contribution >= 4 is 22.2 Å². The summed E-state index contributed by atoms with van der Waals surface area (Å²) in [6.45, 7) is -0.629. The van der Waals surface area contributed by atoms with Gasteiger partial charge in [-0.05, 0) is 0 Å². The minimum absolute atomic E-state index is 0.689. The van der Waals surface area contributed by atoms with Crippen LogP contribution in [-0.4, -0.2) is 177 Å². The first-order valence-corrected chi connectivity index (χ1v) is 14.6. The normalized spacial score (nSPS) is 43.3. The largest absolute Gasteiger partial charge is 0.397 e. The van der Waals surface area contributed by atoms with Crippen molar-refractivity contribution in [2.75, 3.05) is 19.8 Å². The third-order valence-electron chi connectivity index (χ3n) is 7.10. The molecule has 2 amide bonds. The lowest BCUT2D eigenvalue weighted by Gasteiger charge is -2.49. The maximum absolute atomic E-state index is 12.2. The van der Waals surface area contributed by atoms with Crippen molar-refractivity contribution in [3.05, 3.63) is 0 Å². The van der Waals surface area contributed by atoms with Gasteiger partial charge in [-0.1, -0.05) is 0 Å². The summed E-state index contributed by atoms with van der Waals surface area (Å²) in [7, 11) is -5.03. The van der Waals surface area contributed by atoms with E-state index in [2.05, 4.69) is 14.8 Å². The highest BCUT2D eigenvalue weighted by Crippen LogP contribution is 2.32. The molecule has 0 aromatic rings. The summed E-state index contributed by atoms with van der Waals surface area (Å²) in [5.74, 6) is -1.46. The molecular weight excluding hydrogens is 628 g/mol. The third-order valence-corrected chi connectivity index (χ3v) is 7.53. The van der Waals surface area contributed by atoms with Crippen LogP contribution in [0.4, 0.5) is 0 Å². The Labute approximate surface area is 250 Å². The SMILES string of the molecule is CC(=O)N[C@H]1[C@H](O[C@H]2[C@@H](O)[C@@H](CO)OC(O)[C@@H]2NC(C)=O)O[C@H](CO)[C@@H](O)[C@@H]1O[C@@H]1O[C@H](COS(=O)(=O)O)[C@H](O)[C@H](O)[C@H]1O. The average molecular weight is 667 g/mol. The highest BCUT2D eigenvalue weighted by molar-refractivity contribution is 7.80. The molecule has 22 heteroatoms. The standard InChI is InChI=1S/C22H38N2O19S/c1-6(27)23-11-18(14(30)8(3-25)39-20(11)34)42-21-12(24-7(2)28)19(15(31)9(4-26)40-21)43-22-17(33)16(32)13(29)10(41-22)5-38-44(35,36)37/h8-22,25-26,29-34H,3-5H2,1-2H3,(H,23,27)(H,24,28)(H,35,36,37)/t8-,9-,10-,11-,12-,13+,14+,15-,16+,17-,18-,19-,20?,21+,22+/m1/s1. The second kappa shape index (κ2) is 15.3. The quantitative estimate of drug-likeness (QED) is 0.0912. The average Bonchev–Trinajstić information content (AvgIpc) is 2.93. The third kappa shape index (κ3) is 8.75. The zero-order valence-electron chi connectivity index (χ0n) is 23.3. The number of amides is 2. The molecule has 3 rings (SSSR count). The number of rotatable bonds is 11. The van der Waals surface area contributed by atoms with Gasteiger partial charge in [-0.2, -0.15) is 8.42 Å². The Morgan fingerprint density at radius 2 is 1.16 bits per heavy atom. The highest BCUT2D eigenvalue weighted by Gasteiger charge is 2.54. The first kappa shape index (κ1) is 36.8. The molecule has 0 aliphatic carbocycles. The van der Waals surface area contributed by atoms with E-state index >= 15 is 0 Å². The van der Waals surface area contributed by atoms with Crippen molar-refractivity contribution in [2.45, 2.75) is 106 Å². The summed E-state index contributed by atoms with van der Waals surface area (Å²) in [5, 5.41) is 87.6. The molecule has 3 saturated heterocycles. The van der Waals surface area contributed by atoms with Gasteiger partial charge in [0.05, 0.1) is 19.8 Å². The van der Waals surface area contributed by atoms with Gasteiger partial charge in [0, 0.05) is 13.8 Å². The number of nitrogens with one attached hydrogen (secondary N) is 2. The molecule has 1 unspecified atom stereocenters. The molecule has 0 aromatic carbocycles. The van der Waals surface area contributed by atoms with E-state index in [0.717, 1.165) is 13.8 Å². The second-order valence-electron chi connectivity index (χ2n) is 10.3. The summed E-state index contributed by atoms with van der Waals surface area (Å²) in [4.78, 5) is 24.0. The van der Waals surface area contributed by atoms with Crippen LogP contribution in [0.2, 0.25) is 0 Å². The topological polar surface area (TPSA) is 330 Å². The molecule has 3 aliphatic heterocycles. The van der Waals surface area contributed by atoms with E-state index in [9.17, 15) is 58.9 Å². The van der Waals surface area contributed by atoms with Gasteiger partial charge in [0.1, 0.15) is 73.1 Å². The minimum atomic E-state index is -5.03. The number of aliphatic hydroxyl groups excluding tert-OH is 8. The van der Waals surface area contributed by atoms with Gasteiger partial charge in [0.25, 0.3) is 0 Å². The molecule has 3 heterocycles. The van der Waals surface area contributed by atoms with Crippen LogP contribution in [0.1, 0.15) is 13.8 Å². The van der Waals surface area contributed by atoms with Gasteiger partial charge in [-0.15, -0.1) is 0 Å². The molecule has 15 atom stereocenters. The summed E-state index contributed by atoms with van der Waals surface area (Å²) in [5.41, 5.74) is 0. The summed E-state index contributed by atoms with van der Waals surface area (Å²) in [6, 6.07) is -3.08. The van der Waals surface area contributed by atoms with E-state index < -0.39 is 134 Å². The van der Waals surface area contributed by atoms with Crippen LogP contribution in [0.25, 0.3) is 0 Å². The van der Waals surface area contributed by atoms with Crippen LogP contribution in [0.5, 0.6) is 0 Å². The summed E-state index contributed by atoms with van der Waals surface area (Å²) < 4.78 is 62.7. The predicted molar refractivity (Wildman–Crippen MR) is 135 cm³/mol. The first-order chi connectivity index (χ1) is 20.5. The summed E-state index contributed by atoms with van der Waals surface area (Å²) >= 11 is 0. The first-order valence-electron chi connectivity index (χ1n) is 13.2. The predicted octanol–water partition coefficient (Wildman–Crippen LogP) is -7.46. The molecule has 0 saturated carbocycles. The van der Waals surface area contributed by atoms with Gasteiger partial charge in [-0.3, -0.25) is 14.1 Å². The molecule has 11 N–H and O–H groups in total. The van der Waals surface area contributed by atoms with Crippen LogP contribution in [-0.2, 0) is 47.9 Å². The van der Waals surface area contributed by atoms with Crippen molar-refractivity contribution in [2.24, 2.45) is 0 Å². The Kier molecular flexibility index (Phi) is 12.7. The van der Waals surface area contributed by atoms with Gasteiger partial charge in [0.2, 0.25) is 11.8 Å². The van der Waals surface area contributed by atoms with Crippen molar-refractivity contribution in [1.29, 1.82) is 0 Å². The van der Waals surface area contributed by atoms with Crippen LogP contribution >= 0.6 is 0 Å². The van der Waals surface area contributed by atoms with Crippen LogP contribution in [0.3, 0.4) is 0 Å². The monoisotopic (exact) mass is 666 g/mol. The molecule has 3 aliphatic rings. The van der Waals surface area contributed by atoms with Crippen molar-refractivity contribution in [3.63, 3.8) is 0 Å². The Hall–Kier alpha value is -1.71. The molecule has 44 heavy (non-hydrogen) atoms. The molecule has 0 aromatic heterocycles. The van der Waals surface area contributed by atoms with E-state index in [-0.39, 0.29) is 0 Å². The van der Waals surface area contributed by atoms with Crippen molar-refractivity contribution in [1.82, 2.24) is 10.6 Å². The Morgan fingerprint density at radius 1 is 0.682 bits per heavy atom. The van der Waals surface area contributed by atoms with E-state index in [0.29, 0.717) is 0 Å². The lowest BCUT2D eigenvalue weighted by Crippen LogP contribution is -2.70. The number of carbonyl (C=O) groups is 2. The fourth-order valence-corrected chi connectivity index (χ4v) is 5.30. The number of ether oxygens (including phenoxy) is 5. The molecular formula is C22H38N2O19S. The molecule has 0 radical (unpaired) electrons. The van der Waals surface area contributed by atoms with E-state index in [1.807, 2.05) is 0 Å². The van der Waals surface area contributed by atoms with Crippen molar-refractivity contribution < 1.29 is 91.3 Å². The lowest BCUT2D eigenvalue weighted by molar-refractivity contribution is -0.356. The Bertz CT molecular complexity index is 1080. The second-order valence-corrected chi connectivity index (χ2v) is 11.4. The Balaban J connectivity index is 1.94. The van der Waals surface area contributed by atoms with Crippen LogP contribution < -0.4 is 10.6 Å². The minimum Gasteiger partial charge on any atom is -0.394 e. The van der Waals surface area contributed by atoms with Gasteiger partial charge in [-0.25, -0.2) is 4.18 Å². The molecule has 0 bridgehead atoms. The van der Waals surface area contributed by atoms with Gasteiger partial charge >= 0.3 is 10.4 Å². The molecule has 0 spiro atoms. The number of hydrogen-bond donors (Lipinski definition) is 11. The fraction of sp³-hybridized carbons (Fsp3) is 0.909. The molecule has 256 valence electrons. The van der Waals surface area contributed by atoms with Crippen LogP contribution in [0.15, 0.2) is 0 Å². The number of carbonyl (C=O) groups excluding carboxylic acids is 2. The smallest absolute Gasteiger partial charge is 0.394 e. The number of aliphatic hydroxyl groups is 8. The van der Waals surface area contributed by atoms with E-state index in [1.54, 1.807) is 0 Å². The number of hydrogen-bond acceptors (Lipinski definition) is 18. The maximum Gasteiger partial charge on any atom is 0.397 e. The van der Waals surface area contributed by atoms with Gasteiger partial charge < -0.3 is 75.2 Å². The zero-order valence-corrected chi connectivity index (χ0v) is 24.1. The molecule has 21 nitrogen and oxygen atoms in total. The summed E-state index contributed by atoms with van der Waals surface area (Å²) in [6.07, 6.45) is -23.3. The van der Waals surface area contributed by atoms with Crippen molar-refractivity contribution in [3.8, 4) is 0 Å². The lowest BCUT2D eigenvalue weighted by atomic mass is 9.94. The molecule has 3 fully saturated rings. The Morgan fingerprint density at radius 3 is 1.68 bits per heavy atom. The fourth-order valence-electron chi connectivity index (χ4n) is 5.00. The zero-order chi connectivity index (χ0) is 33.1. The van der Waals surface area contributed by atoms with E-state index in [1.165, 1.54) is 0 Å². The highest BCUT2D eigenvalue weighted by atomic mass is 32.3. The van der Waals surface area contributed by atoms with Crippen LogP contribution in [0, 0.1) is 0 Å².